The fourth-order valence-corrected chi connectivity index (χ4v) is 2.93. The number of ether oxygens (including phenoxy) is 2. The number of amides is 2. The molecule has 2 amide bonds. The van der Waals surface area contributed by atoms with Gasteiger partial charge < -0.3 is 24.6 Å². The molecule has 8 heteroatoms. The molecule has 0 spiro atoms. The summed E-state index contributed by atoms with van der Waals surface area (Å²) in [5.41, 5.74) is 1.16. The highest BCUT2D eigenvalue weighted by Crippen LogP contribution is 2.18. The van der Waals surface area contributed by atoms with Gasteiger partial charge in [0.15, 0.2) is 0 Å². The highest BCUT2D eigenvalue weighted by molar-refractivity contribution is 6.04. The van der Waals surface area contributed by atoms with Gasteiger partial charge in [-0.1, -0.05) is 0 Å². The first-order chi connectivity index (χ1) is 13.6. The van der Waals surface area contributed by atoms with Gasteiger partial charge in [-0.15, -0.1) is 0 Å². The monoisotopic (exact) mass is 384 g/mol. The molecular formula is C20H24N4O4. The molecule has 8 nitrogen and oxygen atoms in total. The van der Waals surface area contributed by atoms with Gasteiger partial charge in [0, 0.05) is 31.7 Å². The lowest BCUT2D eigenvalue weighted by atomic mass is 10.2. The molecule has 1 aromatic heterocycles. The lowest BCUT2D eigenvalue weighted by molar-refractivity contribution is 0.102. The van der Waals surface area contributed by atoms with Gasteiger partial charge in [-0.2, -0.15) is 0 Å². The van der Waals surface area contributed by atoms with E-state index < -0.39 is 0 Å². The average Bonchev–Trinajstić information content (AvgIpc) is 2.74. The Morgan fingerprint density at radius 3 is 2.36 bits per heavy atom. The van der Waals surface area contributed by atoms with E-state index in [1.807, 2.05) is 12.1 Å². The quantitative estimate of drug-likeness (QED) is 0.853. The first-order valence-electron chi connectivity index (χ1n) is 9.19. The highest BCUT2D eigenvalue weighted by Gasteiger charge is 2.22. The van der Waals surface area contributed by atoms with Crippen LogP contribution in [0.3, 0.4) is 0 Å². The summed E-state index contributed by atoms with van der Waals surface area (Å²) in [6.45, 7) is 4.73. The molecule has 148 valence electrons. The minimum Gasteiger partial charge on any atom is -0.497 e. The Bertz CT molecular complexity index is 800. The first-order valence-corrected chi connectivity index (χ1v) is 9.19. The number of pyridine rings is 1. The van der Waals surface area contributed by atoms with Crippen LogP contribution in [0.2, 0.25) is 0 Å². The number of rotatable bonds is 5. The minimum atomic E-state index is -0.272. The number of nitrogens with one attached hydrogen (secondary N) is 1. The molecule has 1 N–H and O–H groups in total. The van der Waals surface area contributed by atoms with E-state index in [-0.39, 0.29) is 12.0 Å². The van der Waals surface area contributed by atoms with Crippen molar-refractivity contribution in [1.82, 2.24) is 9.88 Å². The Morgan fingerprint density at radius 2 is 1.79 bits per heavy atom. The Labute approximate surface area is 164 Å². The van der Waals surface area contributed by atoms with Crippen LogP contribution in [-0.2, 0) is 4.74 Å². The molecule has 0 atom stereocenters. The molecule has 0 unspecified atom stereocenters. The maximum atomic E-state index is 12.3. The van der Waals surface area contributed by atoms with Crippen molar-refractivity contribution in [3.8, 4) is 5.75 Å². The summed E-state index contributed by atoms with van der Waals surface area (Å²) < 4.78 is 10.1. The summed E-state index contributed by atoms with van der Waals surface area (Å²) in [5.74, 6) is 1.30. The molecule has 1 aromatic carbocycles. The van der Waals surface area contributed by atoms with Crippen LogP contribution in [-0.4, -0.2) is 61.8 Å². The number of hydrogen-bond donors (Lipinski definition) is 1. The van der Waals surface area contributed by atoms with Crippen molar-refractivity contribution in [2.24, 2.45) is 0 Å². The van der Waals surface area contributed by atoms with Gasteiger partial charge in [-0.25, -0.2) is 9.78 Å². The zero-order valence-corrected chi connectivity index (χ0v) is 16.1. The molecule has 0 aliphatic carbocycles. The van der Waals surface area contributed by atoms with Gasteiger partial charge in [-0.05, 0) is 43.3 Å². The second kappa shape index (κ2) is 9.07. The summed E-state index contributed by atoms with van der Waals surface area (Å²) >= 11 is 0. The predicted octanol–water partition coefficient (Wildman–Crippen LogP) is 2.62. The third kappa shape index (κ3) is 4.70. The lowest BCUT2D eigenvalue weighted by Gasteiger charge is -2.34. The van der Waals surface area contributed by atoms with Crippen LogP contribution < -0.4 is 15.0 Å². The second-order valence-electron chi connectivity index (χ2n) is 6.26. The summed E-state index contributed by atoms with van der Waals surface area (Å²) in [6.07, 6.45) is 1.36. The number of piperazine rings is 1. The van der Waals surface area contributed by atoms with Crippen LogP contribution in [0.4, 0.5) is 16.3 Å². The van der Waals surface area contributed by atoms with Crippen molar-refractivity contribution in [2.75, 3.05) is 50.1 Å². The molecule has 0 saturated carbocycles. The van der Waals surface area contributed by atoms with E-state index in [0.29, 0.717) is 49.8 Å². The van der Waals surface area contributed by atoms with Gasteiger partial charge in [0.25, 0.3) is 5.91 Å². The largest absolute Gasteiger partial charge is 0.497 e. The van der Waals surface area contributed by atoms with E-state index >= 15 is 0 Å². The van der Waals surface area contributed by atoms with Crippen LogP contribution in [0.5, 0.6) is 5.75 Å². The topological polar surface area (TPSA) is 84.0 Å². The van der Waals surface area contributed by atoms with E-state index in [4.69, 9.17) is 9.47 Å². The third-order valence-corrected chi connectivity index (χ3v) is 4.49. The maximum Gasteiger partial charge on any atom is 0.409 e. The van der Waals surface area contributed by atoms with E-state index in [1.54, 1.807) is 49.4 Å². The molecule has 2 aromatic rings. The SMILES string of the molecule is CCOC(=O)N1CCN(c2ccc(NC(=O)c3ccc(OC)cc3)cn2)CC1. The first kappa shape index (κ1) is 19.5. The number of nitrogens with zero attached hydrogens (tertiary/aromatic N) is 3. The number of benzene rings is 1. The number of carbonyl (C=O) groups excluding carboxylic acids is 2. The average molecular weight is 384 g/mol. The van der Waals surface area contributed by atoms with Crippen LogP contribution in [0, 0.1) is 0 Å². The maximum absolute atomic E-state index is 12.3. The molecule has 1 saturated heterocycles. The van der Waals surface area contributed by atoms with E-state index in [1.165, 1.54) is 0 Å². The van der Waals surface area contributed by atoms with Gasteiger partial charge in [-0.3, -0.25) is 4.79 Å². The predicted molar refractivity (Wildman–Crippen MR) is 106 cm³/mol. The molecule has 1 aliphatic heterocycles. The van der Waals surface area contributed by atoms with E-state index in [9.17, 15) is 9.59 Å². The number of methoxy groups -OCH3 is 1. The molecule has 0 bridgehead atoms. The van der Waals surface area contributed by atoms with Crippen molar-refractivity contribution in [3.63, 3.8) is 0 Å². The molecule has 0 radical (unpaired) electrons. The van der Waals surface area contributed by atoms with Crippen molar-refractivity contribution < 1.29 is 19.1 Å². The van der Waals surface area contributed by atoms with E-state index in [2.05, 4.69) is 15.2 Å². The van der Waals surface area contributed by atoms with Crippen LogP contribution in [0.1, 0.15) is 17.3 Å². The number of aromatic nitrogens is 1. The van der Waals surface area contributed by atoms with Crippen molar-refractivity contribution >= 4 is 23.5 Å². The molecule has 3 rings (SSSR count). The van der Waals surface area contributed by atoms with Gasteiger partial charge in [0.1, 0.15) is 11.6 Å². The van der Waals surface area contributed by atoms with Gasteiger partial charge in [0.05, 0.1) is 25.6 Å². The smallest absolute Gasteiger partial charge is 0.409 e. The number of hydrogen-bond acceptors (Lipinski definition) is 6. The zero-order chi connectivity index (χ0) is 19.9. The standard InChI is InChI=1S/C20H24N4O4/c1-3-28-20(26)24-12-10-23(11-13-24)18-9-6-16(14-21-18)22-19(25)15-4-7-17(27-2)8-5-15/h4-9,14H,3,10-13H2,1-2H3,(H,22,25). The Hall–Kier alpha value is -3.29. The second-order valence-corrected chi connectivity index (χ2v) is 6.26. The fourth-order valence-electron chi connectivity index (χ4n) is 2.93. The Balaban J connectivity index is 1.55. The van der Waals surface area contributed by atoms with Crippen molar-refractivity contribution in [3.05, 3.63) is 48.2 Å². The van der Waals surface area contributed by atoms with Crippen molar-refractivity contribution in [1.29, 1.82) is 0 Å². The number of carbonyl (C=O) groups is 2. The summed E-state index contributed by atoms with van der Waals surface area (Å²) in [6, 6.07) is 10.6. The van der Waals surface area contributed by atoms with Crippen molar-refractivity contribution in [2.45, 2.75) is 6.92 Å². The molecule has 1 aliphatic rings. The zero-order valence-electron chi connectivity index (χ0n) is 16.1. The third-order valence-electron chi connectivity index (χ3n) is 4.49. The molecule has 2 heterocycles. The lowest BCUT2D eigenvalue weighted by Crippen LogP contribution is -2.49. The summed E-state index contributed by atoms with van der Waals surface area (Å²) in [4.78, 5) is 32.3. The van der Waals surface area contributed by atoms with Crippen LogP contribution in [0.15, 0.2) is 42.6 Å². The molecule has 1 fully saturated rings. The number of anilines is 2. The molecule has 28 heavy (non-hydrogen) atoms. The molecular weight excluding hydrogens is 360 g/mol. The Kier molecular flexibility index (Phi) is 6.31. The Morgan fingerprint density at radius 1 is 1.07 bits per heavy atom. The summed E-state index contributed by atoms with van der Waals surface area (Å²) in [5, 5.41) is 2.83. The normalized spacial score (nSPS) is 13.8. The highest BCUT2D eigenvalue weighted by atomic mass is 16.6. The van der Waals surface area contributed by atoms with Gasteiger partial charge >= 0.3 is 6.09 Å². The minimum absolute atomic E-state index is 0.208. The van der Waals surface area contributed by atoms with Gasteiger partial charge in [0.2, 0.25) is 0 Å². The fraction of sp³-hybridized carbons (Fsp3) is 0.350. The summed E-state index contributed by atoms with van der Waals surface area (Å²) in [7, 11) is 1.58. The van der Waals surface area contributed by atoms with Crippen LogP contribution in [0.25, 0.3) is 0 Å². The van der Waals surface area contributed by atoms with E-state index in [0.717, 1.165) is 5.82 Å². The van der Waals surface area contributed by atoms with Crippen LogP contribution >= 0.6 is 0 Å².